The van der Waals surface area contributed by atoms with E-state index in [0.717, 1.165) is 64.7 Å². The number of amides is 1. The van der Waals surface area contributed by atoms with Crippen LogP contribution in [0.5, 0.6) is 0 Å². The van der Waals surface area contributed by atoms with E-state index in [1.165, 1.54) is 0 Å². The molecule has 0 radical (unpaired) electrons. The van der Waals surface area contributed by atoms with Gasteiger partial charge in [0.05, 0.1) is 0 Å². The van der Waals surface area contributed by atoms with Crippen LogP contribution < -0.4 is 4.90 Å². The summed E-state index contributed by atoms with van der Waals surface area (Å²) in [5.74, 6) is 1.31. The number of pyridine rings is 1. The Morgan fingerprint density at radius 1 is 1.04 bits per heavy atom. The first kappa shape index (κ1) is 16.2. The lowest BCUT2D eigenvalue weighted by Gasteiger charge is -2.36. The van der Waals surface area contributed by atoms with E-state index in [-0.39, 0.29) is 0 Å². The van der Waals surface area contributed by atoms with Crippen molar-refractivity contribution in [3.8, 4) is 0 Å². The molecule has 1 amide bonds. The third-order valence-corrected chi connectivity index (χ3v) is 4.84. The standard InChI is InChI=1S/C17H27N5O/c1-19-8-10-20(11-9-19)7-5-17(23)22-14-12-21(13-15-22)16-4-2-3-6-18-16/h2-4,6H,5,7-15H2,1H3. The van der Waals surface area contributed by atoms with Crippen LogP contribution in [0.4, 0.5) is 5.82 Å². The molecule has 2 saturated heterocycles. The summed E-state index contributed by atoms with van der Waals surface area (Å²) >= 11 is 0. The summed E-state index contributed by atoms with van der Waals surface area (Å²) < 4.78 is 0. The molecule has 2 aliphatic heterocycles. The number of nitrogens with zero attached hydrogens (tertiary/aromatic N) is 5. The highest BCUT2D eigenvalue weighted by molar-refractivity contribution is 5.76. The normalized spacial score (nSPS) is 20.7. The molecule has 0 unspecified atom stereocenters. The molecule has 126 valence electrons. The highest BCUT2D eigenvalue weighted by Gasteiger charge is 2.22. The van der Waals surface area contributed by atoms with Gasteiger partial charge in [0, 0.05) is 71.5 Å². The van der Waals surface area contributed by atoms with Gasteiger partial charge in [0.2, 0.25) is 5.91 Å². The molecule has 6 heteroatoms. The van der Waals surface area contributed by atoms with Crippen molar-refractivity contribution in [3.05, 3.63) is 24.4 Å². The summed E-state index contributed by atoms with van der Waals surface area (Å²) in [6, 6.07) is 5.97. The number of carbonyl (C=O) groups excluding carboxylic acids is 1. The lowest BCUT2D eigenvalue weighted by molar-refractivity contribution is -0.131. The van der Waals surface area contributed by atoms with Crippen molar-refractivity contribution in [2.75, 3.05) is 70.9 Å². The van der Waals surface area contributed by atoms with Crippen LogP contribution in [0, 0.1) is 0 Å². The van der Waals surface area contributed by atoms with Gasteiger partial charge in [-0.3, -0.25) is 4.79 Å². The van der Waals surface area contributed by atoms with Crippen molar-refractivity contribution in [3.63, 3.8) is 0 Å². The van der Waals surface area contributed by atoms with Gasteiger partial charge in [-0.25, -0.2) is 4.98 Å². The third kappa shape index (κ3) is 4.42. The van der Waals surface area contributed by atoms with E-state index in [9.17, 15) is 4.79 Å². The van der Waals surface area contributed by atoms with Crippen LogP contribution in [0.2, 0.25) is 0 Å². The van der Waals surface area contributed by atoms with Crippen LogP contribution in [0.15, 0.2) is 24.4 Å². The number of piperazine rings is 2. The fraction of sp³-hybridized carbons (Fsp3) is 0.647. The molecule has 3 rings (SSSR count). The fourth-order valence-corrected chi connectivity index (χ4v) is 3.21. The summed E-state index contributed by atoms with van der Waals surface area (Å²) in [5, 5.41) is 0. The second-order valence-corrected chi connectivity index (χ2v) is 6.45. The van der Waals surface area contributed by atoms with Crippen molar-refractivity contribution in [1.82, 2.24) is 19.7 Å². The van der Waals surface area contributed by atoms with Crippen LogP contribution >= 0.6 is 0 Å². The average Bonchev–Trinajstić information content (AvgIpc) is 2.62. The zero-order valence-corrected chi connectivity index (χ0v) is 14.0. The van der Waals surface area contributed by atoms with Crippen molar-refractivity contribution in [1.29, 1.82) is 0 Å². The topological polar surface area (TPSA) is 42.9 Å². The minimum absolute atomic E-state index is 0.296. The summed E-state index contributed by atoms with van der Waals surface area (Å²) in [4.78, 5) is 25.8. The number of likely N-dealkylation sites (N-methyl/N-ethyl adjacent to an activating group) is 1. The first-order valence-corrected chi connectivity index (χ1v) is 8.57. The molecule has 3 heterocycles. The summed E-state index contributed by atoms with van der Waals surface area (Å²) in [6.45, 7) is 8.63. The molecule has 0 N–H and O–H groups in total. The van der Waals surface area contributed by atoms with E-state index in [4.69, 9.17) is 0 Å². The molecule has 0 aliphatic carbocycles. The van der Waals surface area contributed by atoms with Gasteiger partial charge >= 0.3 is 0 Å². The number of hydrogen-bond acceptors (Lipinski definition) is 5. The maximum Gasteiger partial charge on any atom is 0.223 e. The molecular weight excluding hydrogens is 290 g/mol. The van der Waals surface area contributed by atoms with Crippen LogP contribution in [0.1, 0.15) is 6.42 Å². The minimum atomic E-state index is 0.296. The highest BCUT2D eigenvalue weighted by atomic mass is 16.2. The Balaban J connectivity index is 1.40. The average molecular weight is 317 g/mol. The Morgan fingerprint density at radius 2 is 1.78 bits per heavy atom. The molecule has 1 aromatic heterocycles. The van der Waals surface area contributed by atoms with Crippen LogP contribution in [0.3, 0.4) is 0 Å². The van der Waals surface area contributed by atoms with Gasteiger partial charge in [-0.05, 0) is 19.2 Å². The summed E-state index contributed by atoms with van der Waals surface area (Å²) in [6.07, 6.45) is 2.47. The number of aromatic nitrogens is 1. The second-order valence-electron chi connectivity index (χ2n) is 6.45. The Labute approximate surface area is 138 Å². The largest absolute Gasteiger partial charge is 0.353 e. The SMILES string of the molecule is CN1CCN(CCC(=O)N2CCN(c3ccccn3)CC2)CC1. The molecule has 0 atom stereocenters. The predicted octanol–water partition coefficient (Wildman–Crippen LogP) is 0.368. The first-order valence-electron chi connectivity index (χ1n) is 8.57. The van der Waals surface area contributed by atoms with E-state index >= 15 is 0 Å². The molecule has 23 heavy (non-hydrogen) atoms. The van der Waals surface area contributed by atoms with Gasteiger partial charge in [-0.2, -0.15) is 0 Å². The molecule has 0 spiro atoms. The van der Waals surface area contributed by atoms with Gasteiger partial charge in [0.1, 0.15) is 5.82 Å². The third-order valence-electron chi connectivity index (χ3n) is 4.84. The second kappa shape index (κ2) is 7.75. The number of anilines is 1. The highest BCUT2D eigenvalue weighted by Crippen LogP contribution is 2.13. The number of hydrogen-bond donors (Lipinski definition) is 0. The molecule has 0 saturated carbocycles. The minimum Gasteiger partial charge on any atom is -0.353 e. The summed E-state index contributed by atoms with van der Waals surface area (Å²) in [7, 11) is 2.16. The zero-order chi connectivity index (χ0) is 16.1. The smallest absolute Gasteiger partial charge is 0.223 e. The molecule has 1 aromatic rings. The van der Waals surface area contributed by atoms with Crippen molar-refractivity contribution in [2.45, 2.75) is 6.42 Å². The van der Waals surface area contributed by atoms with Gasteiger partial charge in [0.15, 0.2) is 0 Å². The Hall–Kier alpha value is -1.66. The fourth-order valence-electron chi connectivity index (χ4n) is 3.21. The lowest BCUT2D eigenvalue weighted by atomic mass is 10.2. The quantitative estimate of drug-likeness (QED) is 0.803. The molecule has 2 aliphatic rings. The van der Waals surface area contributed by atoms with E-state index in [1.54, 1.807) is 0 Å². The van der Waals surface area contributed by atoms with E-state index in [2.05, 4.69) is 26.7 Å². The van der Waals surface area contributed by atoms with E-state index < -0.39 is 0 Å². The molecule has 0 aromatic carbocycles. The van der Waals surface area contributed by atoms with Gasteiger partial charge < -0.3 is 19.6 Å². The Kier molecular flexibility index (Phi) is 5.46. The van der Waals surface area contributed by atoms with E-state index in [1.807, 2.05) is 29.3 Å². The van der Waals surface area contributed by atoms with Crippen molar-refractivity contribution in [2.24, 2.45) is 0 Å². The first-order chi connectivity index (χ1) is 11.2. The van der Waals surface area contributed by atoms with Gasteiger partial charge in [-0.15, -0.1) is 0 Å². The van der Waals surface area contributed by atoms with Crippen molar-refractivity contribution < 1.29 is 4.79 Å². The van der Waals surface area contributed by atoms with Crippen LogP contribution in [0.25, 0.3) is 0 Å². The zero-order valence-electron chi connectivity index (χ0n) is 14.0. The molecule has 2 fully saturated rings. The molecule has 0 bridgehead atoms. The summed E-state index contributed by atoms with van der Waals surface area (Å²) in [5.41, 5.74) is 0. The van der Waals surface area contributed by atoms with Crippen LogP contribution in [-0.4, -0.2) is 91.5 Å². The Bertz CT molecular complexity index is 493. The molecular formula is C17H27N5O. The monoisotopic (exact) mass is 317 g/mol. The number of rotatable bonds is 4. The molecule has 6 nitrogen and oxygen atoms in total. The van der Waals surface area contributed by atoms with E-state index in [0.29, 0.717) is 12.3 Å². The number of carbonyl (C=O) groups is 1. The van der Waals surface area contributed by atoms with Gasteiger partial charge in [-0.1, -0.05) is 6.07 Å². The van der Waals surface area contributed by atoms with Gasteiger partial charge in [0.25, 0.3) is 0 Å². The predicted molar refractivity (Wildman–Crippen MR) is 91.6 cm³/mol. The Morgan fingerprint density at radius 3 is 2.43 bits per heavy atom. The lowest BCUT2D eigenvalue weighted by Crippen LogP contribution is -2.50. The van der Waals surface area contributed by atoms with Crippen LogP contribution in [-0.2, 0) is 4.79 Å². The maximum atomic E-state index is 12.4. The van der Waals surface area contributed by atoms with Crippen molar-refractivity contribution >= 4 is 11.7 Å². The maximum absolute atomic E-state index is 12.4.